The maximum atomic E-state index is 12.0. The number of hydrogen-bond donors (Lipinski definition) is 2. The van der Waals surface area contributed by atoms with Crippen molar-refractivity contribution in [2.75, 3.05) is 11.1 Å². The molecule has 0 fully saturated rings. The highest BCUT2D eigenvalue weighted by Gasteiger charge is 2.13. The second-order valence-electron chi connectivity index (χ2n) is 3.98. The van der Waals surface area contributed by atoms with Crippen LogP contribution in [0.2, 0.25) is 5.02 Å². The predicted octanol–water partition coefficient (Wildman–Crippen LogP) is 2.22. The maximum Gasteiger partial charge on any atom is 0.273 e. The lowest BCUT2D eigenvalue weighted by Gasteiger charge is -2.08. The summed E-state index contributed by atoms with van der Waals surface area (Å²) < 4.78 is 1.52. The fourth-order valence-electron chi connectivity index (χ4n) is 1.66. The third-order valence-electron chi connectivity index (χ3n) is 2.50. The number of halogens is 1. The SMILES string of the molecule is Cc1cc(C(=O)Nc2ccc(Cl)cc2N)n(C)n1. The molecule has 0 aliphatic carbocycles. The molecule has 18 heavy (non-hydrogen) atoms. The molecule has 0 saturated carbocycles. The Bertz CT molecular complexity index is 606. The number of nitrogen functional groups attached to an aromatic ring is 1. The Morgan fingerprint density at radius 3 is 2.72 bits per heavy atom. The third-order valence-corrected chi connectivity index (χ3v) is 2.73. The lowest BCUT2D eigenvalue weighted by atomic mass is 10.2. The van der Waals surface area contributed by atoms with E-state index in [4.69, 9.17) is 17.3 Å². The van der Waals surface area contributed by atoms with Gasteiger partial charge in [-0.2, -0.15) is 5.10 Å². The summed E-state index contributed by atoms with van der Waals surface area (Å²) in [5.74, 6) is -0.257. The van der Waals surface area contributed by atoms with Gasteiger partial charge in [0.15, 0.2) is 0 Å². The molecule has 1 aromatic carbocycles. The van der Waals surface area contributed by atoms with Crippen LogP contribution in [0.1, 0.15) is 16.2 Å². The molecule has 2 rings (SSSR count). The van der Waals surface area contributed by atoms with Gasteiger partial charge in [-0.25, -0.2) is 0 Å². The Kier molecular flexibility index (Phi) is 3.25. The normalized spacial score (nSPS) is 10.4. The van der Waals surface area contributed by atoms with Crippen molar-refractivity contribution in [2.45, 2.75) is 6.92 Å². The van der Waals surface area contributed by atoms with Crippen LogP contribution in [0.4, 0.5) is 11.4 Å². The standard InChI is InChI=1S/C12H13ClN4O/c1-7-5-11(17(2)16-7)12(18)15-10-4-3-8(13)6-9(10)14/h3-6H,14H2,1-2H3,(H,15,18). The average molecular weight is 265 g/mol. The molecule has 94 valence electrons. The number of nitrogens with zero attached hydrogens (tertiary/aromatic N) is 2. The van der Waals surface area contributed by atoms with E-state index in [1.165, 1.54) is 4.68 Å². The molecule has 0 aliphatic rings. The van der Waals surface area contributed by atoms with E-state index in [9.17, 15) is 4.79 Å². The van der Waals surface area contributed by atoms with Crippen LogP contribution in [-0.2, 0) is 7.05 Å². The van der Waals surface area contributed by atoms with E-state index >= 15 is 0 Å². The Morgan fingerprint density at radius 1 is 1.44 bits per heavy atom. The Hall–Kier alpha value is -2.01. The van der Waals surface area contributed by atoms with Crippen LogP contribution in [-0.4, -0.2) is 15.7 Å². The smallest absolute Gasteiger partial charge is 0.273 e. The molecular formula is C12H13ClN4O. The highest BCUT2D eigenvalue weighted by atomic mass is 35.5. The number of nitrogens with two attached hydrogens (primary N) is 1. The summed E-state index contributed by atoms with van der Waals surface area (Å²) in [6.07, 6.45) is 0. The van der Waals surface area contributed by atoms with E-state index in [1.807, 2.05) is 6.92 Å². The number of nitrogens with one attached hydrogen (secondary N) is 1. The predicted molar refractivity (Wildman–Crippen MR) is 71.8 cm³/mol. The Morgan fingerprint density at radius 2 is 2.17 bits per heavy atom. The largest absolute Gasteiger partial charge is 0.397 e. The summed E-state index contributed by atoms with van der Waals surface area (Å²) in [5.41, 5.74) is 7.98. The number of aryl methyl sites for hydroxylation is 2. The minimum Gasteiger partial charge on any atom is -0.397 e. The highest BCUT2D eigenvalue weighted by molar-refractivity contribution is 6.31. The molecule has 1 aromatic heterocycles. The van der Waals surface area contributed by atoms with Gasteiger partial charge in [0.1, 0.15) is 5.69 Å². The number of carbonyl (C=O) groups excluding carboxylic acids is 1. The van der Waals surface area contributed by atoms with E-state index in [2.05, 4.69) is 10.4 Å². The molecule has 0 atom stereocenters. The zero-order valence-electron chi connectivity index (χ0n) is 10.1. The number of rotatable bonds is 2. The molecule has 1 amide bonds. The van der Waals surface area contributed by atoms with Crippen molar-refractivity contribution in [3.8, 4) is 0 Å². The molecule has 2 aromatic rings. The molecule has 0 bridgehead atoms. The second-order valence-corrected chi connectivity index (χ2v) is 4.42. The van der Waals surface area contributed by atoms with Crippen LogP contribution >= 0.6 is 11.6 Å². The van der Waals surface area contributed by atoms with Gasteiger partial charge in [-0.05, 0) is 31.2 Å². The summed E-state index contributed by atoms with van der Waals surface area (Å²) in [6.45, 7) is 1.83. The number of benzene rings is 1. The van der Waals surface area contributed by atoms with Crippen molar-refractivity contribution in [3.05, 3.63) is 40.7 Å². The van der Waals surface area contributed by atoms with Crippen LogP contribution in [0.3, 0.4) is 0 Å². The van der Waals surface area contributed by atoms with Gasteiger partial charge in [-0.15, -0.1) is 0 Å². The van der Waals surface area contributed by atoms with Crippen LogP contribution in [0.25, 0.3) is 0 Å². The Balaban J connectivity index is 2.24. The van der Waals surface area contributed by atoms with E-state index in [-0.39, 0.29) is 5.91 Å². The lowest BCUT2D eigenvalue weighted by molar-refractivity contribution is 0.101. The molecule has 3 N–H and O–H groups in total. The van der Waals surface area contributed by atoms with Crippen molar-refractivity contribution >= 4 is 28.9 Å². The molecular weight excluding hydrogens is 252 g/mol. The van der Waals surface area contributed by atoms with Gasteiger partial charge >= 0.3 is 0 Å². The zero-order chi connectivity index (χ0) is 13.3. The van der Waals surface area contributed by atoms with E-state index in [1.54, 1.807) is 31.3 Å². The van der Waals surface area contributed by atoms with Gasteiger partial charge in [0, 0.05) is 12.1 Å². The molecule has 0 unspecified atom stereocenters. The van der Waals surface area contributed by atoms with Crippen molar-refractivity contribution in [1.82, 2.24) is 9.78 Å². The van der Waals surface area contributed by atoms with Crippen LogP contribution < -0.4 is 11.1 Å². The fraction of sp³-hybridized carbons (Fsp3) is 0.167. The Labute approximate surface area is 110 Å². The average Bonchev–Trinajstić information content (AvgIpc) is 2.62. The molecule has 6 heteroatoms. The minimum atomic E-state index is -0.257. The topological polar surface area (TPSA) is 72.9 Å². The van der Waals surface area contributed by atoms with Crippen molar-refractivity contribution in [3.63, 3.8) is 0 Å². The fourth-order valence-corrected chi connectivity index (χ4v) is 1.84. The van der Waals surface area contributed by atoms with Crippen molar-refractivity contribution in [1.29, 1.82) is 0 Å². The van der Waals surface area contributed by atoms with Crippen molar-refractivity contribution in [2.24, 2.45) is 7.05 Å². The zero-order valence-corrected chi connectivity index (χ0v) is 10.8. The molecule has 0 spiro atoms. The molecule has 5 nitrogen and oxygen atoms in total. The minimum absolute atomic E-state index is 0.257. The number of carbonyl (C=O) groups is 1. The summed E-state index contributed by atoms with van der Waals surface area (Å²) in [4.78, 5) is 12.0. The number of hydrogen-bond acceptors (Lipinski definition) is 3. The summed E-state index contributed by atoms with van der Waals surface area (Å²) >= 11 is 5.79. The first-order valence-corrected chi connectivity index (χ1v) is 5.72. The third kappa shape index (κ3) is 2.46. The molecule has 0 radical (unpaired) electrons. The monoisotopic (exact) mass is 264 g/mol. The van der Waals surface area contributed by atoms with Gasteiger partial charge < -0.3 is 11.1 Å². The molecule has 1 heterocycles. The summed E-state index contributed by atoms with van der Waals surface area (Å²) in [5, 5.41) is 7.37. The van der Waals surface area contributed by atoms with Crippen LogP contribution in [0.15, 0.2) is 24.3 Å². The maximum absolute atomic E-state index is 12.0. The van der Waals surface area contributed by atoms with E-state index in [0.717, 1.165) is 5.69 Å². The van der Waals surface area contributed by atoms with Gasteiger partial charge in [-0.1, -0.05) is 11.6 Å². The first kappa shape index (κ1) is 12.4. The summed E-state index contributed by atoms with van der Waals surface area (Å²) in [7, 11) is 1.72. The lowest BCUT2D eigenvalue weighted by Crippen LogP contribution is -2.16. The first-order chi connectivity index (χ1) is 8.47. The van der Waals surface area contributed by atoms with Crippen molar-refractivity contribution < 1.29 is 4.79 Å². The molecule has 0 saturated heterocycles. The number of anilines is 2. The quantitative estimate of drug-likeness (QED) is 0.817. The number of amides is 1. The highest BCUT2D eigenvalue weighted by Crippen LogP contribution is 2.23. The van der Waals surface area contributed by atoms with Crippen LogP contribution in [0, 0.1) is 6.92 Å². The molecule has 0 aliphatic heterocycles. The first-order valence-electron chi connectivity index (χ1n) is 5.34. The van der Waals surface area contributed by atoms with Gasteiger partial charge in [0.25, 0.3) is 5.91 Å². The van der Waals surface area contributed by atoms with E-state index < -0.39 is 0 Å². The number of aromatic nitrogens is 2. The van der Waals surface area contributed by atoms with Gasteiger partial charge in [-0.3, -0.25) is 9.48 Å². The summed E-state index contributed by atoms with van der Waals surface area (Å²) in [6, 6.07) is 6.63. The second kappa shape index (κ2) is 4.70. The van der Waals surface area contributed by atoms with Crippen LogP contribution in [0.5, 0.6) is 0 Å². The van der Waals surface area contributed by atoms with Gasteiger partial charge in [0.05, 0.1) is 17.1 Å². The van der Waals surface area contributed by atoms with E-state index in [0.29, 0.717) is 22.1 Å². The van der Waals surface area contributed by atoms with Gasteiger partial charge in [0.2, 0.25) is 0 Å².